The van der Waals surface area contributed by atoms with Crippen molar-refractivity contribution in [1.29, 1.82) is 0 Å². The Hall–Kier alpha value is -3.91. The lowest BCUT2D eigenvalue weighted by atomic mass is 10.0. The minimum atomic E-state index is -0.324. The number of benzene rings is 2. The third kappa shape index (κ3) is 4.25. The minimum absolute atomic E-state index is 0.297. The zero-order valence-corrected chi connectivity index (χ0v) is 19.0. The summed E-state index contributed by atoms with van der Waals surface area (Å²) in [6, 6.07) is 17.9. The summed E-state index contributed by atoms with van der Waals surface area (Å²) in [5.74, 6) is 0.149. The molecule has 0 unspecified atom stereocenters. The number of aromatic nitrogens is 6. The Kier molecular flexibility index (Phi) is 5.43. The van der Waals surface area contributed by atoms with E-state index >= 15 is 0 Å². The van der Waals surface area contributed by atoms with Crippen LogP contribution in [0.25, 0.3) is 10.8 Å². The fraction of sp³-hybridized carbons (Fsp3) is 0.167. The van der Waals surface area contributed by atoms with Gasteiger partial charge in [0.15, 0.2) is 11.5 Å². The Morgan fingerprint density at radius 2 is 1.73 bits per heavy atom. The predicted molar refractivity (Wildman–Crippen MR) is 128 cm³/mol. The van der Waals surface area contributed by atoms with Crippen molar-refractivity contribution in [2.24, 2.45) is 0 Å². The van der Waals surface area contributed by atoms with E-state index in [4.69, 9.17) is 11.6 Å². The molecule has 5 aromatic rings. The van der Waals surface area contributed by atoms with E-state index in [1.54, 1.807) is 27.7 Å². The van der Waals surface area contributed by atoms with Crippen molar-refractivity contribution >= 4 is 34.1 Å². The first-order chi connectivity index (χ1) is 16.0. The molecule has 3 heterocycles. The van der Waals surface area contributed by atoms with Gasteiger partial charge in [-0.2, -0.15) is 15.3 Å². The fourth-order valence-corrected chi connectivity index (χ4v) is 3.95. The summed E-state index contributed by atoms with van der Waals surface area (Å²) in [5, 5.41) is 19.1. The number of fused-ring (bicyclic) bond motifs is 1. The van der Waals surface area contributed by atoms with Crippen LogP contribution >= 0.6 is 11.6 Å². The third-order valence-electron chi connectivity index (χ3n) is 5.54. The average molecular weight is 460 g/mol. The van der Waals surface area contributed by atoms with Crippen LogP contribution in [-0.2, 0) is 13.2 Å². The Labute approximate surface area is 195 Å². The van der Waals surface area contributed by atoms with Crippen LogP contribution in [-0.4, -0.2) is 35.2 Å². The molecule has 0 fully saturated rings. The lowest BCUT2D eigenvalue weighted by Crippen LogP contribution is -2.16. The van der Waals surface area contributed by atoms with Gasteiger partial charge in [-0.25, -0.2) is 4.68 Å². The topological polar surface area (TPSA) is 82.6 Å². The molecule has 8 nitrogen and oxygen atoms in total. The van der Waals surface area contributed by atoms with E-state index in [0.29, 0.717) is 29.7 Å². The summed E-state index contributed by atoms with van der Waals surface area (Å²) in [5.41, 5.74) is 3.08. The van der Waals surface area contributed by atoms with E-state index in [2.05, 4.69) is 44.9 Å². The SMILES string of the molecule is Cc1nn(Cn2ccc(C(=O)Nc3ccn(Cc4cccc5ccccc45)n3)n2)c(C)c1Cl. The highest BCUT2D eigenvalue weighted by atomic mass is 35.5. The maximum atomic E-state index is 12.7. The molecule has 0 saturated heterocycles. The minimum Gasteiger partial charge on any atom is -0.304 e. The van der Waals surface area contributed by atoms with E-state index in [0.717, 1.165) is 17.0 Å². The molecule has 0 saturated carbocycles. The normalized spacial score (nSPS) is 11.2. The molecule has 0 aliphatic carbocycles. The molecule has 1 N–H and O–H groups in total. The summed E-state index contributed by atoms with van der Waals surface area (Å²) in [4.78, 5) is 12.7. The predicted octanol–water partition coefficient (Wildman–Crippen LogP) is 4.51. The van der Waals surface area contributed by atoms with Gasteiger partial charge in [0, 0.05) is 18.5 Å². The number of rotatable bonds is 6. The fourth-order valence-electron chi connectivity index (χ4n) is 3.81. The number of carbonyl (C=O) groups excluding carboxylic acids is 1. The first-order valence-corrected chi connectivity index (χ1v) is 10.9. The smallest absolute Gasteiger partial charge is 0.277 e. The lowest BCUT2D eigenvalue weighted by Gasteiger charge is -2.07. The number of carbonyl (C=O) groups is 1. The van der Waals surface area contributed by atoms with Crippen molar-refractivity contribution in [1.82, 2.24) is 29.3 Å². The largest absolute Gasteiger partial charge is 0.304 e. The first kappa shape index (κ1) is 21.0. The van der Waals surface area contributed by atoms with Gasteiger partial charge >= 0.3 is 0 Å². The molecule has 166 valence electrons. The molecule has 3 aromatic heterocycles. The van der Waals surface area contributed by atoms with E-state index in [1.807, 2.05) is 42.9 Å². The molecule has 0 aliphatic rings. The van der Waals surface area contributed by atoms with Crippen molar-refractivity contribution in [3.8, 4) is 0 Å². The van der Waals surface area contributed by atoms with Gasteiger partial charge in [0.1, 0.15) is 6.67 Å². The summed E-state index contributed by atoms with van der Waals surface area (Å²) in [6.07, 6.45) is 3.58. The van der Waals surface area contributed by atoms with Crippen molar-refractivity contribution in [2.45, 2.75) is 27.1 Å². The highest BCUT2D eigenvalue weighted by Crippen LogP contribution is 2.20. The van der Waals surface area contributed by atoms with Gasteiger partial charge in [-0.1, -0.05) is 54.1 Å². The molecule has 0 spiro atoms. The van der Waals surface area contributed by atoms with E-state index < -0.39 is 0 Å². The highest BCUT2D eigenvalue weighted by Gasteiger charge is 2.14. The van der Waals surface area contributed by atoms with Gasteiger partial charge in [0.2, 0.25) is 0 Å². The Morgan fingerprint density at radius 3 is 2.55 bits per heavy atom. The Balaban J connectivity index is 1.26. The maximum Gasteiger partial charge on any atom is 0.277 e. The van der Waals surface area contributed by atoms with Crippen LogP contribution in [0.3, 0.4) is 0 Å². The molecule has 0 atom stereocenters. The van der Waals surface area contributed by atoms with Crippen LogP contribution in [0.2, 0.25) is 5.02 Å². The molecular formula is C24H22ClN7O. The van der Waals surface area contributed by atoms with Gasteiger partial charge < -0.3 is 5.32 Å². The number of hydrogen-bond donors (Lipinski definition) is 1. The second-order valence-corrected chi connectivity index (χ2v) is 8.24. The number of nitrogens with zero attached hydrogens (tertiary/aromatic N) is 6. The number of hydrogen-bond acceptors (Lipinski definition) is 4. The Morgan fingerprint density at radius 1 is 0.939 bits per heavy atom. The number of amides is 1. The summed E-state index contributed by atoms with van der Waals surface area (Å²) in [6.45, 7) is 4.73. The van der Waals surface area contributed by atoms with Gasteiger partial charge in [-0.05, 0) is 36.2 Å². The van der Waals surface area contributed by atoms with Crippen molar-refractivity contribution in [3.63, 3.8) is 0 Å². The standard InChI is InChI=1S/C24H22ClN7O/c1-16-23(25)17(2)32(27-16)15-31-12-10-21(28-31)24(33)26-22-11-13-30(29-22)14-19-8-5-7-18-6-3-4-9-20(18)19/h3-13H,14-15H2,1-2H3,(H,26,29,33). The summed E-state index contributed by atoms with van der Waals surface area (Å²) in [7, 11) is 0. The van der Waals surface area contributed by atoms with Crippen molar-refractivity contribution < 1.29 is 4.79 Å². The zero-order valence-electron chi connectivity index (χ0n) is 18.2. The van der Waals surface area contributed by atoms with E-state index in [1.165, 1.54) is 10.8 Å². The average Bonchev–Trinajstić information content (AvgIpc) is 3.52. The van der Waals surface area contributed by atoms with E-state index in [-0.39, 0.29) is 5.91 Å². The third-order valence-corrected chi connectivity index (χ3v) is 6.09. The highest BCUT2D eigenvalue weighted by molar-refractivity contribution is 6.31. The maximum absolute atomic E-state index is 12.7. The van der Waals surface area contributed by atoms with Crippen LogP contribution in [0.15, 0.2) is 67.0 Å². The molecular weight excluding hydrogens is 438 g/mol. The van der Waals surface area contributed by atoms with Crippen LogP contribution in [0, 0.1) is 13.8 Å². The van der Waals surface area contributed by atoms with Gasteiger partial charge in [-0.15, -0.1) is 0 Å². The molecule has 0 bridgehead atoms. The monoisotopic (exact) mass is 459 g/mol. The molecule has 0 aliphatic heterocycles. The molecule has 33 heavy (non-hydrogen) atoms. The molecule has 9 heteroatoms. The Bertz CT molecular complexity index is 1460. The zero-order chi connectivity index (χ0) is 22.9. The van der Waals surface area contributed by atoms with Crippen molar-refractivity contribution in [2.75, 3.05) is 5.32 Å². The first-order valence-electron chi connectivity index (χ1n) is 10.5. The number of anilines is 1. The second kappa shape index (κ2) is 8.55. The molecule has 0 radical (unpaired) electrons. The van der Waals surface area contributed by atoms with E-state index in [9.17, 15) is 4.79 Å². The summed E-state index contributed by atoms with van der Waals surface area (Å²) >= 11 is 6.21. The number of aryl methyl sites for hydroxylation is 1. The van der Waals surface area contributed by atoms with Gasteiger partial charge in [0.05, 0.1) is 23.0 Å². The molecule has 5 rings (SSSR count). The number of halogens is 1. The van der Waals surface area contributed by atoms with Gasteiger partial charge in [0.25, 0.3) is 5.91 Å². The second-order valence-electron chi connectivity index (χ2n) is 7.86. The van der Waals surface area contributed by atoms with Crippen molar-refractivity contribution in [3.05, 3.63) is 94.7 Å². The summed E-state index contributed by atoms with van der Waals surface area (Å²) < 4.78 is 5.20. The van der Waals surface area contributed by atoms with Crippen LogP contribution in [0.1, 0.15) is 27.4 Å². The molecule has 2 aromatic carbocycles. The molecule has 1 amide bonds. The van der Waals surface area contributed by atoms with Crippen LogP contribution in [0.5, 0.6) is 0 Å². The van der Waals surface area contributed by atoms with Gasteiger partial charge in [-0.3, -0.25) is 14.2 Å². The van der Waals surface area contributed by atoms with Crippen LogP contribution < -0.4 is 5.32 Å². The quantitative estimate of drug-likeness (QED) is 0.405. The lowest BCUT2D eigenvalue weighted by molar-refractivity contribution is 0.102. The number of nitrogens with one attached hydrogen (secondary N) is 1. The van der Waals surface area contributed by atoms with Crippen LogP contribution in [0.4, 0.5) is 5.82 Å².